The highest BCUT2D eigenvalue weighted by atomic mass is 35.5. The van der Waals surface area contributed by atoms with Crippen LogP contribution in [0.5, 0.6) is 0 Å². The third kappa shape index (κ3) is 7.40. The van der Waals surface area contributed by atoms with Crippen molar-refractivity contribution in [1.29, 1.82) is 0 Å². The van der Waals surface area contributed by atoms with Gasteiger partial charge in [0.05, 0.1) is 15.8 Å². The lowest BCUT2D eigenvalue weighted by molar-refractivity contribution is -0.121. The minimum absolute atomic E-state index is 0.0946. The van der Waals surface area contributed by atoms with Crippen molar-refractivity contribution in [3.8, 4) is 0 Å². The number of halogens is 2. The van der Waals surface area contributed by atoms with Crippen molar-refractivity contribution in [2.24, 2.45) is 5.16 Å². The van der Waals surface area contributed by atoms with E-state index in [2.05, 4.69) is 10.5 Å². The van der Waals surface area contributed by atoms with Gasteiger partial charge in [-0.05, 0) is 39.3 Å². The largest absolute Gasteiger partial charge is 0.444 e. The Morgan fingerprint density at radius 1 is 1.24 bits per heavy atom. The molecule has 1 atom stereocenters. The van der Waals surface area contributed by atoms with Crippen molar-refractivity contribution in [2.75, 3.05) is 20.2 Å². The number of hydrogen-bond acceptors (Lipinski definition) is 5. The maximum Gasteiger partial charge on any atom is 0.410 e. The quantitative estimate of drug-likeness (QED) is 0.526. The molecule has 0 bridgehead atoms. The highest BCUT2D eigenvalue weighted by Gasteiger charge is 2.30. The van der Waals surface area contributed by atoms with Crippen LogP contribution in [0.15, 0.2) is 23.4 Å². The molecule has 1 saturated heterocycles. The fourth-order valence-electron chi connectivity index (χ4n) is 2.93. The second-order valence-electron chi connectivity index (χ2n) is 7.83. The van der Waals surface area contributed by atoms with E-state index in [1.54, 1.807) is 23.1 Å². The molecule has 0 spiro atoms. The maximum atomic E-state index is 12.4. The number of nitrogens with one attached hydrogen (secondary N) is 1. The molecule has 0 radical (unpaired) electrons. The predicted octanol–water partition coefficient (Wildman–Crippen LogP) is 4.25. The number of ether oxygens (including phenoxy) is 1. The number of amides is 2. The zero-order valence-corrected chi connectivity index (χ0v) is 18.6. The molecule has 0 aromatic heterocycles. The summed E-state index contributed by atoms with van der Waals surface area (Å²) in [7, 11) is 1.45. The average molecular weight is 444 g/mol. The fraction of sp³-hybridized carbons (Fsp3) is 0.550. The van der Waals surface area contributed by atoms with E-state index in [0.29, 0.717) is 41.7 Å². The fourth-order valence-corrected chi connectivity index (χ4v) is 3.23. The van der Waals surface area contributed by atoms with E-state index in [1.165, 1.54) is 7.11 Å². The summed E-state index contributed by atoms with van der Waals surface area (Å²) < 4.78 is 5.37. The molecule has 0 saturated carbocycles. The first-order valence-corrected chi connectivity index (χ1v) is 10.2. The number of carbonyl (C=O) groups excluding carboxylic acids is 2. The summed E-state index contributed by atoms with van der Waals surface area (Å²) in [6.45, 7) is 6.47. The van der Waals surface area contributed by atoms with E-state index in [9.17, 15) is 9.59 Å². The summed E-state index contributed by atoms with van der Waals surface area (Å²) in [5.41, 5.74) is 0.800. The van der Waals surface area contributed by atoms with E-state index in [1.807, 2.05) is 20.8 Å². The highest BCUT2D eigenvalue weighted by Crippen LogP contribution is 2.24. The Morgan fingerprint density at radius 3 is 2.59 bits per heavy atom. The van der Waals surface area contributed by atoms with Gasteiger partial charge in [-0.3, -0.25) is 4.79 Å². The highest BCUT2D eigenvalue weighted by molar-refractivity contribution is 6.42. The summed E-state index contributed by atoms with van der Waals surface area (Å²) in [4.78, 5) is 31.0. The number of nitrogens with zero attached hydrogens (tertiary/aromatic N) is 2. The SMILES string of the molecule is CON=C(CCC(=O)NC1CCN(C(=O)OC(C)(C)C)C1)c1ccc(Cl)c(Cl)c1. The molecule has 7 nitrogen and oxygen atoms in total. The van der Waals surface area contributed by atoms with Gasteiger partial charge in [0, 0.05) is 37.5 Å². The lowest BCUT2D eigenvalue weighted by Crippen LogP contribution is -2.40. The molecule has 1 aromatic rings. The number of rotatable bonds is 6. The normalized spacial score (nSPS) is 17.2. The van der Waals surface area contributed by atoms with Crippen LogP contribution in [0.3, 0.4) is 0 Å². The van der Waals surface area contributed by atoms with Crippen LogP contribution in [0.1, 0.15) is 45.6 Å². The second-order valence-corrected chi connectivity index (χ2v) is 8.64. The topological polar surface area (TPSA) is 80.2 Å². The first-order valence-electron chi connectivity index (χ1n) is 9.42. The van der Waals surface area contributed by atoms with Crippen LogP contribution in [0, 0.1) is 0 Å². The number of likely N-dealkylation sites (tertiary alicyclic amines) is 1. The standard InChI is InChI=1S/C20H27Cl2N3O4/c1-20(2,3)29-19(27)25-10-9-14(12-25)23-18(26)8-7-17(24-28-4)13-5-6-15(21)16(22)11-13/h5-6,11,14H,7-10,12H2,1-4H3,(H,23,26). The van der Waals surface area contributed by atoms with Crippen molar-refractivity contribution < 1.29 is 19.2 Å². The van der Waals surface area contributed by atoms with Crippen molar-refractivity contribution in [2.45, 2.75) is 51.7 Å². The Labute approximate surface area is 181 Å². The molecule has 2 amide bonds. The third-order valence-corrected chi connectivity index (χ3v) is 4.99. The van der Waals surface area contributed by atoms with Gasteiger partial charge in [0.2, 0.25) is 5.91 Å². The Morgan fingerprint density at radius 2 is 1.97 bits per heavy atom. The summed E-state index contributed by atoms with van der Waals surface area (Å²) in [5.74, 6) is -0.120. The summed E-state index contributed by atoms with van der Waals surface area (Å²) in [6, 6.07) is 5.05. The molecular weight excluding hydrogens is 417 g/mol. The van der Waals surface area contributed by atoms with E-state index in [0.717, 1.165) is 5.56 Å². The van der Waals surface area contributed by atoms with Gasteiger partial charge in [0.15, 0.2) is 0 Å². The van der Waals surface area contributed by atoms with E-state index < -0.39 is 5.60 Å². The van der Waals surface area contributed by atoms with Gasteiger partial charge in [-0.15, -0.1) is 0 Å². The molecule has 1 aliphatic rings. The first-order chi connectivity index (χ1) is 13.6. The van der Waals surface area contributed by atoms with Crippen LogP contribution < -0.4 is 5.32 Å². The van der Waals surface area contributed by atoms with Gasteiger partial charge in [-0.25, -0.2) is 4.79 Å². The third-order valence-electron chi connectivity index (χ3n) is 4.25. The zero-order chi connectivity index (χ0) is 21.6. The molecule has 1 unspecified atom stereocenters. The molecule has 1 fully saturated rings. The molecule has 29 heavy (non-hydrogen) atoms. The smallest absolute Gasteiger partial charge is 0.410 e. The molecule has 1 aromatic carbocycles. The van der Waals surface area contributed by atoms with E-state index in [-0.39, 0.29) is 24.5 Å². The van der Waals surface area contributed by atoms with Gasteiger partial charge in [0.1, 0.15) is 12.7 Å². The second kappa shape index (κ2) is 10.2. The molecule has 9 heteroatoms. The molecule has 160 valence electrons. The van der Waals surface area contributed by atoms with Crippen LogP contribution in [0.4, 0.5) is 4.79 Å². The van der Waals surface area contributed by atoms with Crippen LogP contribution in [-0.4, -0.2) is 54.5 Å². The Kier molecular flexibility index (Phi) is 8.16. The van der Waals surface area contributed by atoms with Crippen LogP contribution in [-0.2, 0) is 14.4 Å². The molecule has 0 aliphatic carbocycles. The van der Waals surface area contributed by atoms with Crippen LogP contribution in [0.25, 0.3) is 0 Å². The predicted molar refractivity (Wildman–Crippen MR) is 114 cm³/mol. The van der Waals surface area contributed by atoms with E-state index in [4.69, 9.17) is 32.8 Å². The van der Waals surface area contributed by atoms with Gasteiger partial charge in [0.25, 0.3) is 0 Å². The molecule has 1 heterocycles. The van der Waals surface area contributed by atoms with Crippen molar-refractivity contribution in [3.05, 3.63) is 33.8 Å². The van der Waals surface area contributed by atoms with Crippen molar-refractivity contribution in [3.63, 3.8) is 0 Å². The lowest BCUT2D eigenvalue weighted by atomic mass is 10.1. The van der Waals surface area contributed by atoms with Gasteiger partial charge < -0.3 is 19.8 Å². The minimum atomic E-state index is -0.542. The van der Waals surface area contributed by atoms with Crippen molar-refractivity contribution >= 4 is 40.9 Å². The lowest BCUT2D eigenvalue weighted by Gasteiger charge is -2.24. The zero-order valence-electron chi connectivity index (χ0n) is 17.1. The molecule has 1 aliphatic heterocycles. The Hall–Kier alpha value is -1.99. The summed E-state index contributed by atoms with van der Waals surface area (Å²) >= 11 is 12.0. The van der Waals surface area contributed by atoms with Gasteiger partial charge in [-0.1, -0.05) is 34.4 Å². The molecule has 1 N–H and O–H groups in total. The number of hydrogen-bond donors (Lipinski definition) is 1. The average Bonchev–Trinajstić information content (AvgIpc) is 3.08. The van der Waals surface area contributed by atoms with Gasteiger partial charge in [-0.2, -0.15) is 0 Å². The Bertz CT molecular complexity index is 777. The van der Waals surface area contributed by atoms with Crippen LogP contribution >= 0.6 is 23.2 Å². The summed E-state index contributed by atoms with van der Waals surface area (Å²) in [6.07, 6.45) is 0.936. The monoisotopic (exact) mass is 443 g/mol. The number of benzene rings is 1. The number of carbonyl (C=O) groups is 2. The van der Waals surface area contributed by atoms with Gasteiger partial charge >= 0.3 is 6.09 Å². The minimum Gasteiger partial charge on any atom is -0.444 e. The molecular formula is C20H27Cl2N3O4. The summed E-state index contributed by atoms with van der Waals surface area (Å²) in [5, 5.41) is 7.82. The molecule has 2 rings (SSSR count). The van der Waals surface area contributed by atoms with Crippen molar-refractivity contribution in [1.82, 2.24) is 10.2 Å². The number of oxime groups is 1. The Balaban J connectivity index is 1.86. The van der Waals surface area contributed by atoms with E-state index >= 15 is 0 Å². The van der Waals surface area contributed by atoms with Crippen LogP contribution in [0.2, 0.25) is 10.0 Å². The maximum absolute atomic E-state index is 12.4. The first kappa shape index (κ1) is 23.3.